The highest BCUT2D eigenvalue weighted by molar-refractivity contribution is 6.01. The van der Waals surface area contributed by atoms with Crippen molar-refractivity contribution in [3.63, 3.8) is 0 Å². The molecule has 134 valence electrons. The minimum absolute atomic E-state index is 0.0297. The number of carbonyl (C=O) groups excluding carboxylic acids is 2. The van der Waals surface area contributed by atoms with Crippen LogP contribution in [0.4, 0.5) is 5.82 Å². The Labute approximate surface area is 142 Å². The minimum atomic E-state index is -0.897. The lowest BCUT2D eigenvalue weighted by atomic mass is 10.2. The molecule has 9 heteroatoms. The fourth-order valence-corrected chi connectivity index (χ4v) is 2.27. The number of carbonyl (C=O) groups is 2. The summed E-state index contributed by atoms with van der Waals surface area (Å²) in [6.45, 7) is 1.44. The van der Waals surface area contributed by atoms with E-state index in [9.17, 15) is 19.2 Å². The molecule has 2 rings (SSSR count). The SMILES string of the molecule is CCCn1c(N)c(C(=O)COC(=O)CCc2ccco2)c(=O)[nH]c1=O. The van der Waals surface area contributed by atoms with E-state index in [1.54, 1.807) is 12.1 Å². The first-order chi connectivity index (χ1) is 11.9. The summed E-state index contributed by atoms with van der Waals surface area (Å²) in [6, 6.07) is 3.42. The molecule has 0 aliphatic heterocycles. The quantitative estimate of drug-likeness (QED) is 0.522. The molecule has 0 aliphatic carbocycles. The maximum absolute atomic E-state index is 12.2. The first-order valence-corrected chi connectivity index (χ1v) is 7.77. The van der Waals surface area contributed by atoms with Gasteiger partial charge in [-0.05, 0) is 18.6 Å². The number of ketones is 1. The molecule has 0 fully saturated rings. The van der Waals surface area contributed by atoms with Gasteiger partial charge in [0.1, 0.15) is 17.1 Å². The minimum Gasteiger partial charge on any atom is -0.469 e. The van der Waals surface area contributed by atoms with Crippen LogP contribution in [0.3, 0.4) is 0 Å². The van der Waals surface area contributed by atoms with Gasteiger partial charge in [-0.15, -0.1) is 0 Å². The van der Waals surface area contributed by atoms with Crippen LogP contribution in [-0.4, -0.2) is 27.9 Å². The fraction of sp³-hybridized carbons (Fsp3) is 0.375. The maximum atomic E-state index is 12.2. The van der Waals surface area contributed by atoms with E-state index in [1.165, 1.54) is 6.26 Å². The molecule has 0 aromatic carbocycles. The van der Waals surface area contributed by atoms with Crippen molar-refractivity contribution in [2.45, 2.75) is 32.7 Å². The largest absolute Gasteiger partial charge is 0.469 e. The molecule has 25 heavy (non-hydrogen) atoms. The number of aromatic amines is 1. The van der Waals surface area contributed by atoms with E-state index in [1.807, 2.05) is 11.9 Å². The van der Waals surface area contributed by atoms with Crippen LogP contribution < -0.4 is 17.0 Å². The summed E-state index contributed by atoms with van der Waals surface area (Å²) in [7, 11) is 0. The topological polar surface area (TPSA) is 137 Å². The van der Waals surface area contributed by atoms with Crippen LogP contribution in [0.1, 0.15) is 35.9 Å². The van der Waals surface area contributed by atoms with Gasteiger partial charge in [-0.3, -0.25) is 23.9 Å². The van der Waals surface area contributed by atoms with Gasteiger partial charge in [-0.25, -0.2) is 4.79 Å². The lowest BCUT2D eigenvalue weighted by Crippen LogP contribution is -2.37. The molecule has 0 saturated heterocycles. The highest BCUT2D eigenvalue weighted by Crippen LogP contribution is 2.07. The van der Waals surface area contributed by atoms with Crippen LogP contribution in [0.5, 0.6) is 0 Å². The molecule has 0 atom stereocenters. The van der Waals surface area contributed by atoms with E-state index >= 15 is 0 Å². The van der Waals surface area contributed by atoms with Crippen molar-refractivity contribution >= 4 is 17.6 Å². The molecular weight excluding hydrogens is 330 g/mol. The Kier molecular flexibility index (Phi) is 5.93. The number of ether oxygens (including phenoxy) is 1. The Morgan fingerprint density at radius 1 is 1.36 bits per heavy atom. The zero-order chi connectivity index (χ0) is 18.4. The van der Waals surface area contributed by atoms with Gasteiger partial charge in [0, 0.05) is 13.0 Å². The van der Waals surface area contributed by atoms with Crippen molar-refractivity contribution in [2.75, 3.05) is 12.3 Å². The normalized spacial score (nSPS) is 10.6. The third kappa shape index (κ3) is 4.46. The van der Waals surface area contributed by atoms with Crippen molar-refractivity contribution in [3.8, 4) is 0 Å². The van der Waals surface area contributed by atoms with Crippen LogP contribution in [0, 0.1) is 0 Å². The number of Topliss-reactive ketones (excluding diaryl/α,β-unsaturated/α-hetero) is 1. The Bertz CT molecular complexity index is 863. The predicted octanol–water partition coefficient (Wildman–Crippen LogP) is 0.481. The second-order valence-electron chi connectivity index (χ2n) is 5.33. The van der Waals surface area contributed by atoms with Crippen LogP contribution in [0.25, 0.3) is 0 Å². The van der Waals surface area contributed by atoms with Crippen molar-refractivity contribution in [1.82, 2.24) is 9.55 Å². The first kappa shape index (κ1) is 18.2. The summed E-state index contributed by atoms with van der Waals surface area (Å²) in [6.07, 6.45) is 2.45. The Morgan fingerprint density at radius 3 is 2.76 bits per heavy atom. The average molecular weight is 349 g/mol. The Morgan fingerprint density at radius 2 is 2.12 bits per heavy atom. The van der Waals surface area contributed by atoms with Gasteiger partial charge in [0.25, 0.3) is 5.56 Å². The molecule has 2 heterocycles. The van der Waals surface area contributed by atoms with E-state index in [0.717, 1.165) is 4.57 Å². The van der Waals surface area contributed by atoms with Crippen LogP contribution in [0.15, 0.2) is 32.4 Å². The zero-order valence-corrected chi connectivity index (χ0v) is 13.7. The number of aromatic nitrogens is 2. The summed E-state index contributed by atoms with van der Waals surface area (Å²) in [5.41, 5.74) is 3.81. The van der Waals surface area contributed by atoms with E-state index in [0.29, 0.717) is 18.6 Å². The lowest BCUT2D eigenvalue weighted by molar-refractivity contribution is -0.142. The molecule has 0 amide bonds. The number of H-pyrrole nitrogens is 1. The molecule has 0 spiro atoms. The molecule has 0 bridgehead atoms. The first-order valence-electron chi connectivity index (χ1n) is 7.77. The van der Waals surface area contributed by atoms with Gasteiger partial charge in [0.05, 0.1) is 12.7 Å². The zero-order valence-electron chi connectivity index (χ0n) is 13.7. The van der Waals surface area contributed by atoms with E-state index in [2.05, 4.69) is 0 Å². The molecule has 2 aromatic heterocycles. The van der Waals surface area contributed by atoms with Gasteiger partial charge >= 0.3 is 11.7 Å². The second-order valence-corrected chi connectivity index (χ2v) is 5.33. The van der Waals surface area contributed by atoms with Gasteiger partial charge < -0.3 is 14.9 Å². The molecule has 0 aliphatic rings. The summed E-state index contributed by atoms with van der Waals surface area (Å²) < 4.78 is 11.1. The lowest BCUT2D eigenvalue weighted by Gasteiger charge is -2.11. The van der Waals surface area contributed by atoms with Crippen molar-refractivity contribution in [3.05, 3.63) is 50.6 Å². The molecule has 2 aromatic rings. The van der Waals surface area contributed by atoms with Crippen LogP contribution >= 0.6 is 0 Å². The van der Waals surface area contributed by atoms with Crippen molar-refractivity contribution in [2.24, 2.45) is 0 Å². The summed E-state index contributed by atoms with van der Waals surface area (Å²) in [4.78, 5) is 49.5. The monoisotopic (exact) mass is 349 g/mol. The number of furan rings is 1. The maximum Gasteiger partial charge on any atom is 0.329 e. The van der Waals surface area contributed by atoms with Gasteiger partial charge in [-0.2, -0.15) is 0 Å². The fourth-order valence-electron chi connectivity index (χ4n) is 2.27. The summed E-state index contributed by atoms with van der Waals surface area (Å²) >= 11 is 0. The number of rotatable bonds is 8. The number of aryl methyl sites for hydroxylation is 1. The molecular formula is C16H19N3O6. The van der Waals surface area contributed by atoms with Gasteiger partial charge in [0.2, 0.25) is 5.78 Å². The second kappa shape index (κ2) is 8.13. The summed E-state index contributed by atoms with van der Waals surface area (Å²) in [5, 5.41) is 0. The van der Waals surface area contributed by atoms with Crippen molar-refractivity contribution in [1.29, 1.82) is 0 Å². The Balaban J connectivity index is 2.03. The Hall–Kier alpha value is -3.10. The smallest absolute Gasteiger partial charge is 0.329 e. The number of hydrogen-bond donors (Lipinski definition) is 2. The molecule has 9 nitrogen and oxygen atoms in total. The number of hydrogen-bond acceptors (Lipinski definition) is 7. The number of nitrogen functional groups attached to an aromatic ring is 1. The third-order valence-electron chi connectivity index (χ3n) is 3.49. The number of nitrogens with one attached hydrogen (secondary N) is 1. The van der Waals surface area contributed by atoms with E-state index in [-0.39, 0.29) is 24.3 Å². The molecule has 0 saturated carbocycles. The highest BCUT2D eigenvalue weighted by Gasteiger charge is 2.20. The molecule has 0 radical (unpaired) electrons. The standard InChI is InChI=1S/C16H19N3O6/c1-2-7-19-14(17)13(15(22)18-16(19)23)11(20)9-25-12(21)6-5-10-4-3-8-24-10/h3-4,8H,2,5-7,9,17H2,1H3,(H,18,22,23). The average Bonchev–Trinajstić information content (AvgIpc) is 3.08. The number of nitrogens with zero attached hydrogens (tertiary/aromatic N) is 1. The molecule has 0 unspecified atom stereocenters. The number of nitrogens with two attached hydrogens (primary N) is 1. The summed E-state index contributed by atoms with van der Waals surface area (Å²) in [5.74, 6) is -0.987. The third-order valence-corrected chi connectivity index (χ3v) is 3.49. The predicted molar refractivity (Wildman–Crippen MR) is 88.3 cm³/mol. The molecule has 3 N–H and O–H groups in total. The van der Waals surface area contributed by atoms with Crippen LogP contribution in [-0.2, 0) is 22.5 Å². The highest BCUT2D eigenvalue weighted by atomic mass is 16.5. The van der Waals surface area contributed by atoms with Crippen LogP contribution in [0.2, 0.25) is 0 Å². The van der Waals surface area contributed by atoms with Gasteiger partial charge in [0.15, 0.2) is 6.61 Å². The van der Waals surface area contributed by atoms with E-state index in [4.69, 9.17) is 14.9 Å². The number of anilines is 1. The number of esters is 1. The van der Waals surface area contributed by atoms with E-state index < -0.39 is 29.6 Å². The van der Waals surface area contributed by atoms with Crippen molar-refractivity contribution < 1.29 is 18.7 Å². The van der Waals surface area contributed by atoms with Gasteiger partial charge in [-0.1, -0.05) is 6.92 Å².